The van der Waals surface area contributed by atoms with Crippen LogP contribution in [0.3, 0.4) is 0 Å². The number of carbonyl (C=O) groups is 1. The Morgan fingerprint density at radius 2 is 2.27 bits per heavy atom. The average molecular weight is 354 g/mol. The smallest absolute Gasteiger partial charge is 0.276 e. The van der Waals surface area contributed by atoms with Gasteiger partial charge in [-0.2, -0.15) is 10.2 Å². The van der Waals surface area contributed by atoms with Gasteiger partial charge in [0, 0.05) is 17.9 Å². The summed E-state index contributed by atoms with van der Waals surface area (Å²) in [5.74, 6) is -0.851. The van der Waals surface area contributed by atoms with E-state index < -0.39 is 5.82 Å². The van der Waals surface area contributed by atoms with Gasteiger partial charge < -0.3 is 10.6 Å². The highest BCUT2D eigenvalue weighted by Gasteiger charge is 2.20. The summed E-state index contributed by atoms with van der Waals surface area (Å²) in [6, 6.07) is 6.43. The van der Waals surface area contributed by atoms with E-state index in [1.54, 1.807) is 30.6 Å². The molecule has 8 heteroatoms. The Hall–Kier alpha value is -3.00. The Kier molecular flexibility index (Phi) is 4.26. The highest BCUT2D eigenvalue weighted by molar-refractivity contribution is 6.02. The Labute approximate surface area is 149 Å². The minimum absolute atomic E-state index is 0.207. The number of anilines is 1. The molecule has 7 nitrogen and oxygen atoms in total. The van der Waals surface area contributed by atoms with Crippen LogP contribution in [0.25, 0.3) is 5.69 Å². The van der Waals surface area contributed by atoms with Crippen LogP contribution in [0, 0.1) is 12.7 Å². The van der Waals surface area contributed by atoms with E-state index in [2.05, 4.69) is 25.9 Å². The number of amides is 1. The molecule has 0 radical (unpaired) electrons. The number of halogens is 1. The third kappa shape index (κ3) is 3.23. The van der Waals surface area contributed by atoms with Gasteiger partial charge in [-0.1, -0.05) is 0 Å². The molecule has 1 aromatic carbocycles. The van der Waals surface area contributed by atoms with Crippen LogP contribution in [0.4, 0.5) is 10.1 Å². The zero-order valence-corrected chi connectivity index (χ0v) is 14.3. The molecule has 1 fully saturated rings. The molecule has 134 valence electrons. The number of hydrogen-bond acceptors (Lipinski definition) is 4. The molecule has 2 aromatic heterocycles. The predicted octanol–water partition coefficient (Wildman–Crippen LogP) is 2.72. The van der Waals surface area contributed by atoms with Gasteiger partial charge in [-0.15, -0.1) is 0 Å². The molecule has 26 heavy (non-hydrogen) atoms. The number of carbonyl (C=O) groups excluding carboxylic acids is 1. The van der Waals surface area contributed by atoms with Crippen molar-refractivity contribution >= 4 is 11.6 Å². The molecule has 0 spiro atoms. The molecule has 0 bridgehead atoms. The number of nitrogens with zero attached hydrogens (tertiary/aromatic N) is 3. The van der Waals surface area contributed by atoms with E-state index in [9.17, 15) is 9.18 Å². The van der Waals surface area contributed by atoms with Crippen LogP contribution in [-0.2, 0) is 0 Å². The van der Waals surface area contributed by atoms with Crippen molar-refractivity contribution in [2.75, 3.05) is 11.9 Å². The molecule has 1 saturated heterocycles. The summed E-state index contributed by atoms with van der Waals surface area (Å²) in [7, 11) is 0. The second-order valence-electron chi connectivity index (χ2n) is 6.44. The van der Waals surface area contributed by atoms with Crippen LogP contribution in [0.15, 0.2) is 36.7 Å². The number of benzene rings is 1. The highest BCUT2D eigenvalue weighted by atomic mass is 19.1. The SMILES string of the molecule is Cc1cnn(-c2ccc(NC(=O)c3cc(C4CCCN4)[nH]n3)cc2F)c1. The highest BCUT2D eigenvalue weighted by Crippen LogP contribution is 2.22. The molecule has 0 aliphatic carbocycles. The molecule has 1 aliphatic rings. The summed E-state index contributed by atoms with van der Waals surface area (Å²) in [6.45, 7) is 2.85. The first-order valence-corrected chi connectivity index (χ1v) is 8.51. The Morgan fingerprint density at radius 3 is 2.96 bits per heavy atom. The Morgan fingerprint density at radius 1 is 1.38 bits per heavy atom. The number of hydrogen-bond donors (Lipinski definition) is 3. The quantitative estimate of drug-likeness (QED) is 0.672. The van der Waals surface area contributed by atoms with Crippen molar-refractivity contribution in [1.82, 2.24) is 25.3 Å². The molecule has 4 rings (SSSR count). The second-order valence-corrected chi connectivity index (χ2v) is 6.44. The molecule has 3 aromatic rings. The maximum absolute atomic E-state index is 14.4. The van der Waals surface area contributed by atoms with Crippen molar-refractivity contribution in [3.63, 3.8) is 0 Å². The molecular formula is C18H19FN6O. The molecular weight excluding hydrogens is 335 g/mol. The van der Waals surface area contributed by atoms with Crippen LogP contribution in [0.2, 0.25) is 0 Å². The summed E-state index contributed by atoms with van der Waals surface area (Å²) < 4.78 is 15.8. The zero-order valence-electron chi connectivity index (χ0n) is 14.3. The Balaban J connectivity index is 1.48. The van der Waals surface area contributed by atoms with Gasteiger partial charge in [-0.05, 0) is 56.1 Å². The first-order chi connectivity index (χ1) is 12.6. The maximum Gasteiger partial charge on any atom is 0.276 e. The van der Waals surface area contributed by atoms with Crippen LogP contribution in [0.1, 0.15) is 40.6 Å². The van der Waals surface area contributed by atoms with Crippen molar-refractivity contribution in [3.05, 3.63) is 59.4 Å². The lowest BCUT2D eigenvalue weighted by Gasteiger charge is -2.07. The van der Waals surface area contributed by atoms with Gasteiger partial charge in [0.1, 0.15) is 5.69 Å². The lowest BCUT2D eigenvalue weighted by molar-refractivity contribution is 0.102. The number of nitrogens with one attached hydrogen (secondary N) is 3. The normalized spacial score (nSPS) is 16.8. The third-order valence-corrected chi connectivity index (χ3v) is 4.43. The number of rotatable bonds is 4. The molecule has 1 unspecified atom stereocenters. The van der Waals surface area contributed by atoms with Gasteiger partial charge >= 0.3 is 0 Å². The summed E-state index contributed by atoms with van der Waals surface area (Å²) in [4.78, 5) is 12.4. The van der Waals surface area contributed by atoms with Crippen molar-refractivity contribution in [2.45, 2.75) is 25.8 Å². The largest absolute Gasteiger partial charge is 0.320 e. The summed E-state index contributed by atoms with van der Waals surface area (Å²) >= 11 is 0. The first-order valence-electron chi connectivity index (χ1n) is 8.51. The van der Waals surface area contributed by atoms with Gasteiger partial charge in [0.15, 0.2) is 11.5 Å². The zero-order chi connectivity index (χ0) is 18.1. The van der Waals surface area contributed by atoms with Crippen molar-refractivity contribution in [3.8, 4) is 5.69 Å². The van der Waals surface area contributed by atoms with Crippen molar-refractivity contribution < 1.29 is 9.18 Å². The third-order valence-electron chi connectivity index (χ3n) is 4.43. The van der Waals surface area contributed by atoms with Crippen LogP contribution in [-0.4, -0.2) is 32.4 Å². The lowest BCUT2D eigenvalue weighted by Crippen LogP contribution is -2.13. The van der Waals surface area contributed by atoms with Crippen molar-refractivity contribution in [2.24, 2.45) is 0 Å². The van der Waals surface area contributed by atoms with E-state index >= 15 is 0 Å². The summed E-state index contributed by atoms with van der Waals surface area (Å²) in [6.07, 6.45) is 5.51. The van der Waals surface area contributed by atoms with E-state index in [1.807, 2.05) is 6.92 Å². The minimum Gasteiger partial charge on any atom is -0.320 e. The van der Waals surface area contributed by atoms with Gasteiger partial charge in [-0.3, -0.25) is 9.89 Å². The van der Waals surface area contributed by atoms with E-state index in [-0.39, 0.29) is 17.6 Å². The van der Waals surface area contributed by atoms with E-state index in [0.717, 1.165) is 30.6 Å². The predicted molar refractivity (Wildman–Crippen MR) is 94.8 cm³/mol. The number of aryl methyl sites for hydroxylation is 1. The molecule has 3 N–H and O–H groups in total. The van der Waals surface area contributed by atoms with Gasteiger partial charge in [0.05, 0.1) is 11.9 Å². The first kappa shape index (κ1) is 16.5. The fraction of sp³-hybridized carbons (Fsp3) is 0.278. The molecule has 1 aliphatic heterocycles. The Bertz CT molecular complexity index is 941. The molecule has 1 atom stereocenters. The fourth-order valence-electron chi connectivity index (χ4n) is 3.09. The van der Waals surface area contributed by atoms with E-state index in [0.29, 0.717) is 11.4 Å². The monoisotopic (exact) mass is 354 g/mol. The number of H-pyrrole nitrogens is 1. The topological polar surface area (TPSA) is 87.6 Å². The van der Waals surface area contributed by atoms with Crippen molar-refractivity contribution in [1.29, 1.82) is 0 Å². The number of aromatic nitrogens is 4. The second kappa shape index (κ2) is 6.72. The summed E-state index contributed by atoms with van der Waals surface area (Å²) in [5.41, 5.74) is 2.80. The lowest BCUT2D eigenvalue weighted by atomic mass is 10.1. The standard InChI is InChI=1S/C18H19FN6O/c1-11-9-21-25(10-11)17-5-4-12(7-13(17)19)22-18(26)16-8-15(23-24-16)14-3-2-6-20-14/h4-5,7-10,14,20H,2-3,6H2,1H3,(H,22,26)(H,23,24). The molecule has 3 heterocycles. The van der Waals surface area contributed by atoms with Crippen LogP contribution >= 0.6 is 0 Å². The molecule has 0 saturated carbocycles. The van der Waals surface area contributed by atoms with E-state index in [1.165, 1.54) is 10.7 Å². The van der Waals surface area contributed by atoms with Gasteiger partial charge in [-0.25, -0.2) is 9.07 Å². The minimum atomic E-state index is -0.469. The van der Waals surface area contributed by atoms with Gasteiger partial charge in [0.2, 0.25) is 0 Å². The number of aromatic amines is 1. The van der Waals surface area contributed by atoms with Crippen LogP contribution < -0.4 is 10.6 Å². The molecule has 1 amide bonds. The summed E-state index contributed by atoms with van der Waals surface area (Å²) in [5, 5.41) is 17.1. The maximum atomic E-state index is 14.4. The van der Waals surface area contributed by atoms with Crippen LogP contribution in [0.5, 0.6) is 0 Å². The average Bonchev–Trinajstić information content (AvgIpc) is 3.36. The van der Waals surface area contributed by atoms with E-state index in [4.69, 9.17) is 0 Å². The fourth-order valence-corrected chi connectivity index (χ4v) is 3.09. The van der Waals surface area contributed by atoms with Gasteiger partial charge in [0.25, 0.3) is 5.91 Å².